The highest BCUT2D eigenvalue weighted by molar-refractivity contribution is 6.19. The van der Waals surface area contributed by atoms with Crippen LogP contribution in [0.15, 0.2) is 54.9 Å². The Hall–Kier alpha value is -4.78. The van der Waals surface area contributed by atoms with Crippen LogP contribution in [-0.2, 0) is 17.4 Å². The molecule has 1 aliphatic heterocycles. The highest BCUT2D eigenvalue weighted by Crippen LogP contribution is 2.47. The number of alkyl halides is 4. The number of aromatic nitrogens is 4. The first-order valence-corrected chi connectivity index (χ1v) is 13.8. The standard InChI is InChI=1S/C30H22ClF5N6O2/c1-15-38-39-29-27-24(19(14-42(15)29)30(34,35)36)18-5-4-9-41-22(13-16(26(18)41)7-10-40(27)2)28(44)17-11-20(32)25(21(33)12-17)37-23(43)6-3-8-31/h3-6,9,11-14H,7-8,10H2,1-2H3,(H,37,43)/b6-3+. The van der Waals surface area contributed by atoms with Crippen molar-refractivity contribution in [2.75, 3.05) is 29.7 Å². The molecule has 0 aliphatic carbocycles. The summed E-state index contributed by atoms with van der Waals surface area (Å²) in [4.78, 5) is 27.3. The lowest BCUT2D eigenvalue weighted by molar-refractivity contribution is -0.137. The van der Waals surface area contributed by atoms with Gasteiger partial charge in [-0.05, 0) is 43.2 Å². The molecule has 226 valence electrons. The molecule has 5 aromatic rings. The summed E-state index contributed by atoms with van der Waals surface area (Å²) in [5.41, 5.74) is -0.515. The summed E-state index contributed by atoms with van der Waals surface area (Å²) >= 11 is 5.48. The first-order chi connectivity index (χ1) is 20.9. The number of likely N-dealkylation sites (N-methyl/N-ethyl adjacent to an activating group) is 1. The first kappa shape index (κ1) is 29.3. The molecule has 6 rings (SSSR count). The van der Waals surface area contributed by atoms with E-state index in [2.05, 4.69) is 15.5 Å². The van der Waals surface area contributed by atoms with E-state index in [0.717, 1.165) is 24.4 Å². The zero-order chi connectivity index (χ0) is 31.5. The number of carbonyl (C=O) groups excluding carboxylic acids is 2. The van der Waals surface area contributed by atoms with Crippen LogP contribution in [0.25, 0.3) is 22.3 Å². The van der Waals surface area contributed by atoms with Crippen molar-refractivity contribution in [3.05, 3.63) is 94.7 Å². The lowest BCUT2D eigenvalue weighted by Crippen LogP contribution is -2.25. The largest absolute Gasteiger partial charge is 0.418 e. The van der Waals surface area contributed by atoms with Gasteiger partial charge in [-0.3, -0.25) is 14.0 Å². The summed E-state index contributed by atoms with van der Waals surface area (Å²) in [5.74, 6) is -3.64. The van der Waals surface area contributed by atoms with Gasteiger partial charge in [0.15, 0.2) is 5.65 Å². The number of amides is 1. The maximum absolute atomic E-state index is 14.9. The van der Waals surface area contributed by atoms with Gasteiger partial charge >= 0.3 is 6.18 Å². The van der Waals surface area contributed by atoms with Gasteiger partial charge in [0.05, 0.1) is 22.5 Å². The van der Waals surface area contributed by atoms with Gasteiger partial charge in [0.25, 0.3) is 0 Å². The smallest absolute Gasteiger partial charge is 0.371 e. The molecular formula is C30H22ClF5N6O2. The van der Waals surface area contributed by atoms with Crippen molar-refractivity contribution < 1.29 is 31.5 Å². The van der Waals surface area contributed by atoms with Gasteiger partial charge in [-0.15, -0.1) is 21.8 Å². The van der Waals surface area contributed by atoms with Gasteiger partial charge in [-0.2, -0.15) is 13.2 Å². The number of ketones is 1. The SMILES string of the molecule is Cc1nnc2c3c(c(C(F)(F)F)cn12)-c1cccn2c(C(=O)c4cc(F)c(NC(=O)/C=C/CCl)c(F)c4)cc(c12)CCN3C. The van der Waals surface area contributed by atoms with E-state index in [1.807, 2.05) is 0 Å². The molecule has 0 radical (unpaired) electrons. The number of anilines is 2. The fourth-order valence-corrected chi connectivity index (χ4v) is 5.65. The third-order valence-electron chi connectivity index (χ3n) is 7.53. The Labute approximate surface area is 251 Å². The molecule has 14 heteroatoms. The molecule has 44 heavy (non-hydrogen) atoms. The lowest BCUT2D eigenvalue weighted by Gasteiger charge is -2.28. The molecule has 1 N–H and O–H groups in total. The first-order valence-electron chi connectivity index (χ1n) is 13.3. The monoisotopic (exact) mass is 628 g/mol. The number of rotatable bonds is 5. The van der Waals surface area contributed by atoms with Crippen molar-refractivity contribution in [1.82, 2.24) is 19.0 Å². The van der Waals surface area contributed by atoms with Crippen molar-refractivity contribution in [2.24, 2.45) is 0 Å². The summed E-state index contributed by atoms with van der Waals surface area (Å²) < 4.78 is 76.5. The molecular weight excluding hydrogens is 607 g/mol. The molecule has 0 saturated carbocycles. The van der Waals surface area contributed by atoms with Gasteiger partial charge in [0.1, 0.15) is 23.1 Å². The third-order valence-corrected chi connectivity index (χ3v) is 7.71. The highest BCUT2D eigenvalue weighted by atomic mass is 35.5. The molecule has 0 unspecified atom stereocenters. The van der Waals surface area contributed by atoms with E-state index in [1.165, 1.54) is 39.3 Å². The van der Waals surface area contributed by atoms with Crippen LogP contribution < -0.4 is 10.2 Å². The van der Waals surface area contributed by atoms with Crippen molar-refractivity contribution in [1.29, 1.82) is 0 Å². The number of pyridine rings is 2. The fraction of sp³-hybridized carbons (Fsp3) is 0.200. The zero-order valence-corrected chi connectivity index (χ0v) is 23.9. The number of benzene rings is 1. The Morgan fingerprint density at radius 3 is 2.52 bits per heavy atom. The van der Waals surface area contributed by atoms with Crippen LogP contribution >= 0.6 is 11.6 Å². The van der Waals surface area contributed by atoms with Crippen LogP contribution in [0.1, 0.15) is 33.0 Å². The van der Waals surface area contributed by atoms with Crippen molar-refractivity contribution in [2.45, 2.75) is 19.5 Å². The minimum absolute atomic E-state index is 0.00320. The van der Waals surface area contributed by atoms with E-state index < -0.39 is 40.8 Å². The maximum atomic E-state index is 14.9. The Kier molecular flexibility index (Phi) is 7.15. The summed E-state index contributed by atoms with van der Waals surface area (Å²) in [6.07, 6.45) is 0.363. The van der Waals surface area contributed by atoms with Gasteiger partial charge < -0.3 is 14.6 Å². The summed E-state index contributed by atoms with van der Waals surface area (Å²) in [6, 6.07) is 6.15. The Balaban J connectivity index is 1.53. The van der Waals surface area contributed by atoms with Crippen LogP contribution in [0.2, 0.25) is 0 Å². The van der Waals surface area contributed by atoms with E-state index >= 15 is 0 Å². The molecule has 1 aromatic carbocycles. The molecule has 1 amide bonds. The zero-order valence-electron chi connectivity index (χ0n) is 23.1. The molecule has 4 aromatic heterocycles. The number of nitrogens with zero attached hydrogens (tertiary/aromatic N) is 5. The number of nitrogens with one attached hydrogen (secondary N) is 1. The van der Waals surface area contributed by atoms with Gasteiger partial charge in [-0.25, -0.2) is 8.78 Å². The van der Waals surface area contributed by atoms with Gasteiger partial charge in [-0.1, -0.05) is 12.1 Å². The number of fused-ring (bicyclic) bond motifs is 4. The van der Waals surface area contributed by atoms with Crippen LogP contribution in [0, 0.1) is 18.6 Å². The van der Waals surface area contributed by atoms with Crippen molar-refractivity contribution >= 4 is 45.8 Å². The van der Waals surface area contributed by atoms with Crippen molar-refractivity contribution in [3.8, 4) is 11.1 Å². The van der Waals surface area contributed by atoms with Crippen LogP contribution in [0.3, 0.4) is 0 Å². The molecule has 1 aliphatic rings. The van der Waals surface area contributed by atoms with Crippen LogP contribution in [-0.4, -0.2) is 50.2 Å². The van der Waals surface area contributed by atoms with E-state index in [-0.39, 0.29) is 52.0 Å². The van der Waals surface area contributed by atoms with Gasteiger partial charge in [0.2, 0.25) is 11.7 Å². The highest BCUT2D eigenvalue weighted by Gasteiger charge is 2.39. The van der Waals surface area contributed by atoms with Crippen LogP contribution in [0.4, 0.5) is 33.3 Å². The van der Waals surface area contributed by atoms with E-state index in [1.54, 1.807) is 18.9 Å². The normalized spacial score (nSPS) is 13.4. The Morgan fingerprint density at radius 2 is 1.84 bits per heavy atom. The second kappa shape index (κ2) is 10.7. The average Bonchev–Trinajstić information content (AvgIpc) is 3.54. The average molecular weight is 629 g/mol. The quantitative estimate of drug-likeness (QED) is 0.108. The molecule has 0 spiro atoms. The lowest BCUT2D eigenvalue weighted by atomic mass is 9.94. The minimum Gasteiger partial charge on any atom is -0.371 e. The minimum atomic E-state index is -4.75. The predicted molar refractivity (Wildman–Crippen MR) is 154 cm³/mol. The Bertz CT molecular complexity index is 2010. The van der Waals surface area contributed by atoms with Crippen LogP contribution in [0.5, 0.6) is 0 Å². The molecule has 0 bridgehead atoms. The maximum Gasteiger partial charge on any atom is 0.418 e. The molecule has 0 atom stereocenters. The number of halogens is 6. The predicted octanol–water partition coefficient (Wildman–Crippen LogP) is 6.21. The summed E-state index contributed by atoms with van der Waals surface area (Å²) in [5, 5.41) is 10.2. The number of allylic oxidation sites excluding steroid dienone is 1. The molecule has 0 saturated heterocycles. The second-order valence-corrected chi connectivity index (χ2v) is 10.6. The molecule has 5 heterocycles. The molecule has 8 nitrogen and oxygen atoms in total. The van der Waals surface area contributed by atoms with Gasteiger partial charge in [0, 0.05) is 54.6 Å². The topological polar surface area (TPSA) is 84.0 Å². The number of aryl methyl sites for hydroxylation is 1. The fourth-order valence-electron chi connectivity index (χ4n) is 5.56. The third kappa shape index (κ3) is 4.77. The summed E-state index contributed by atoms with van der Waals surface area (Å²) in [7, 11) is 1.66. The number of hydrogen-bond acceptors (Lipinski definition) is 5. The number of hydrogen-bond donors (Lipinski definition) is 1. The molecule has 0 fully saturated rings. The second-order valence-electron chi connectivity index (χ2n) is 10.3. The van der Waals surface area contributed by atoms with E-state index in [0.29, 0.717) is 17.5 Å². The summed E-state index contributed by atoms with van der Waals surface area (Å²) in [6.45, 7) is 1.83. The Morgan fingerprint density at radius 1 is 1.11 bits per heavy atom. The van der Waals surface area contributed by atoms with E-state index in [4.69, 9.17) is 11.6 Å². The van der Waals surface area contributed by atoms with E-state index in [9.17, 15) is 31.5 Å². The van der Waals surface area contributed by atoms with Crippen molar-refractivity contribution in [3.63, 3.8) is 0 Å². The number of carbonyl (C=O) groups is 2.